The number of hydrogen-bond acceptors (Lipinski definition) is 6. The van der Waals surface area contributed by atoms with Crippen molar-refractivity contribution in [2.75, 3.05) is 32.9 Å². The van der Waals surface area contributed by atoms with Gasteiger partial charge in [0.2, 0.25) is 5.91 Å². The quantitative estimate of drug-likeness (QED) is 0.393. The Labute approximate surface area is 125 Å². The van der Waals surface area contributed by atoms with Gasteiger partial charge in [0.05, 0.1) is 24.7 Å². The molecule has 0 aliphatic heterocycles. The SMILES string of the molecule is CCOC(=O)C1CCC(O)(CNCCOCC(N)=O)CC1. The van der Waals surface area contributed by atoms with Crippen LogP contribution in [0.4, 0.5) is 0 Å². The molecule has 1 aliphatic rings. The zero-order chi connectivity index (χ0) is 15.7. The largest absolute Gasteiger partial charge is 0.466 e. The van der Waals surface area contributed by atoms with E-state index in [1.54, 1.807) is 6.92 Å². The number of esters is 1. The lowest BCUT2D eigenvalue weighted by Gasteiger charge is -2.35. The molecule has 0 heterocycles. The van der Waals surface area contributed by atoms with Crippen LogP contribution in [0.1, 0.15) is 32.6 Å². The zero-order valence-electron chi connectivity index (χ0n) is 12.6. The van der Waals surface area contributed by atoms with Crippen LogP contribution in [0.25, 0.3) is 0 Å². The molecule has 21 heavy (non-hydrogen) atoms. The van der Waals surface area contributed by atoms with Crippen molar-refractivity contribution in [3.63, 3.8) is 0 Å². The average molecular weight is 302 g/mol. The molecule has 0 aromatic carbocycles. The fourth-order valence-electron chi connectivity index (χ4n) is 2.47. The van der Waals surface area contributed by atoms with Crippen molar-refractivity contribution in [2.24, 2.45) is 11.7 Å². The third-order valence-electron chi connectivity index (χ3n) is 3.66. The normalized spacial score (nSPS) is 25.5. The highest BCUT2D eigenvalue weighted by molar-refractivity contribution is 5.75. The van der Waals surface area contributed by atoms with Gasteiger partial charge in [0.1, 0.15) is 6.61 Å². The highest BCUT2D eigenvalue weighted by atomic mass is 16.5. The highest BCUT2D eigenvalue weighted by Crippen LogP contribution is 2.32. The summed E-state index contributed by atoms with van der Waals surface area (Å²) < 4.78 is 10.0. The lowest BCUT2D eigenvalue weighted by atomic mass is 9.79. The van der Waals surface area contributed by atoms with Crippen LogP contribution in [0.15, 0.2) is 0 Å². The third-order valence-corrected chi connectivity index (χ3v) is 3.66. The first-order valence-corrected chi connectivity index (χ1v) is 7.42. The molecule has 1 saturated carbocycles. The molecular formula is C14H26N2O5. The molecule has 7 nitrogen and oxygen atoms in total. The molecule has 0 unspecified atom stereocenters. The molecule has 0 aromatic heterocycles. The monoisotopic (exact) mass is 302 g/mol. The van der Waals surface area contributed by atoms with E-state index >= 15 is 0 Å². The van der Waals surface area contributed by atoms with Crippen LogP contribution in [0.2, 0.25) is 0 Å². The first-order valence-electron chi connectivity index (χ1n) is 7.42. The fraction of sp³-hybridized carbons (Fsp3) is 0.857. The summed E-state index contributed by atoms with van der Waals surface area (Å²) >= 11 is 0. The molecule has 122 valence electrons. The van der Waals surface area contributed by atoms with Crippen molar-refractivity contribution in [1.82, 2.24) is 5.32 Å². The summed E-state index contributed by atoms with van der Waals surface area (Å²) in [5.41, 5.74) is 4.16. The summed E-state index contributed by atoms with van der Waals surface area (Å²) in [6.45, 7) is 3.45. The summed E-state index contributed by atoms with van der Waals surface area (Å²) in [4.78, 5) is 22.1. The Kier molecular flexibility index (Phi) is 7.63. The van der Waals surface area contributed by atoms with E-state index in [-0.39, 0.29) is 18.5 Å². The van der Waals surface area contributed by atoms with E-state index in [0.717, 1.165) is 0 Å². The number of carbonyl (C=O) groups is 2. The molecule has 1 fully saturated rings. The Balaban J connectivity index is 2.16. The number of carbonyl (C=O) groups excluding carboxylic acids is 2. The average Bonchev–Trinajstić information content (AvgIpc) is 2.43. The Morgan fingerprint density at radius 1 is 1.38 bits per heavy atom. The number of primary amides is 1. The summed E-state index contributed by atoms with van der Waals surface area (Å²) in [6, 6.07) is 0. The predicted molar refractivity (Wildman–Crippen MR) is 76.4 cm³/mol. The molecule has 1 amide bonds. The second-order valence-corrected chi connectivity index (χ2v) is 5.45. The van der Waals surface area contributed by atoms with Gasteiger partial charge in [-0.25, -0.2) is 0 Å². The summed E-state index contributed by atoms with van der Waals surface area (Å²) in [6.07, 6.45) is 2.45. The highest BCUT2D eigenvalue weighted by Gasteiger charge is 2.35. The van der Waals surface area contributed by atoms with Gasteiger partial charge >= 0.3 is 5.97 Å². The van der Waals surface area contributed by atoms with Crippen molar-refractivity contribution in [3.05, 3.63) is 0 Å². The van der Waals surface area contributed by atoms with Crippen LogP contribution >= 0.6 is 0 Å². The third kappa shape index (κ3) is 6.88. The lowest BCUT2D eigenvalue weighted by molar-refractivity contribution is -0.151. The molecule has 0 atom stereocenters. The van der Waals surface area contributed by atoms with E-state index in [1.807, 2.05) is 0 Å². The van der Waals surface area contributed by atoms with Crippen molar-refractivity contribution >= 4 is 11.9 Å². The first-order chi connectivity index (χ1) is 9.97. The summed E-state index contributed by atoms with van der Waals surface area (Å²) in [5.74, 6) is -0.748. The minimum atomic E-state index is -0.785. The van der Waals surface area contributed by atoms with E-state index < -0.39 is 11.5 Å². The second-order valence-electron chi connectivity index (χ2n) is 5.45. The number of amides is 1. The van der Waals surface area contributed by atoms with Crippen molar-refractivity contribution in [3.8, 4) is 0 Å². The van der Waals surface area contributed by atoms with Gasteiger partial charge in [-0.1, -0.05) is 0 Å². The molecule has 0 spiro atoms. The van der Waals surface area contributed by atoms with Gasteiger partial charge in [-0.15, -0.1) is 0 Å². The standard InChI is InChI=1S/C14H26N2O5/c1-2-21-13(18)11-3-5-14(19,6-4-11)10-16-7-8-20-9-12(15)17/h11,16,19H,2-10H2,1H3,(H2,15,17). The van der Waals surface area contributed by atoms with E-state index in [4.69, 9.17) is 15.2 Å². The summed E-state index contributed by atoms with van der Waals surface area (Å²) in [5, 5.41) is 13.5. The van der Waals surface area contributed by atoms with Crippen molar-refractivity contribution < 1.29 is 24.2 Å². The van der Waals surface area contributed by atoms with Gasteiger partial charge in [-0.05, 0) is 32.6 Å². The van der Waals surface area contributed by atoms with Gasteiger partial charge < -0.3 is 25.6 Å². The Bertz CT molecular complexity index is 340. The smallest absolute Gasteiger partial charge is 0.308 e. The van der Waals surface area contributed by atoms with Crippen LogP contribution in [0, 0.1) is 5.92 Å². The first kappa shape index (κ1) is 17.9. The van der Waals surface area contributed by atoms with Gasteiger partial charge in [0.15, 0.2) is 0 Å². The minimum Gasteiger partial charge on any atom is -0.466 e. The zero-order valence-corrected chi connectivity index (χ0v) is 12.6. The number of rotatable bonds is 9. The predicted octanol–water partition coefficient (Wildman–Crippen LogP) is -0.438. The topological polar surface area (TPSA) is 111 Å². The van der Waals surface area contributed by atoms with Gasteiger partial charge in [0.25, 0.3) is 0 Å². The number of ether oxygens (including phenoxy) is 2. The second kappa shape index (κ2) is 8.96. The van der Waals surface area contributed by atoms with Crippen LogP contribution < -0.4 is 11.1 Å². The van der Waals surface area contributed by atoms with Gasteiger partial charge in [-0.3, -0.25) is 9.59 Å². The Hall–Kier alpha value is -1.18. The van der Waals surface area contributed by atoms with E-state index in [1.165, 1.54) is 0 Å². The Morgan fingerprint density at radius 3 is 2.62 bits per heavy atom. The molecule has 1 aliphatic carbocycles. The van der Waals surface area contributed by atoms with Crippen LogP contribution in [-0.2, 0) is 19.1 Å². The van der Waals surface area contributed by atoms with E-state index in [0.29, 0.717) is 52.0 Å². The summed E-state index contributed by atoms with van der Waals surface area (Å²) in [7, 11) is 0. The Morgan fingerprint density at radius 2 is 2.05 bits per heavy atom. The molecule has 1 rings (SSSR count). The maximum atomic E-state index is 11.6. The van der Waals surface area contributed by atoms with Crippen LogP contribution in [0.5, 0.6) is 0 Å². The molecule has 0 aromatic rings. The molecule has 0 saturated heterocycles. The molecule has 7 heteroatoms. The van der Waals surface area contributed by atoms with Crippen LogP contribution in [-0.4, -0.2) is 55.5 Å². The molecular weight excluding hydrogens is 276 g/mol. The number of aliphatic hydroxyl groups is 1. The van der Waals surface area contributed by atoms with Crippen molar-refractivity contribution in [1.29, 1.82) is 0 Å². The molecule has 0 radical (unpaired) electrons. The minimum absolute atomic E-state index is 0.0901. The number of nitrogens with one attached hydrogen (secondary N) is 1. The number of nitrogens with two attached hydrogens (primary N) is 1. The molecule has 0 bridgehead atoms. The maximum Gasteiger partial charge on any atom is 0.308 e. The van der Waals surface area contributed by atoms with Crippen LogP contribution in [0.3, 0.4) is 0 Å². The van der Waals surface area contributed by atoms with E-state index in [9.17, 15) is 14.7 Å². The van der Waals surface area contributed by atoms with E-state index in [2.05, 4.69) is 5.32 Å². The van der Waals surface area contributed by atoms with Crippen molar-refractivity contribution in [2.45, 2.75) is 38.2 Å². The fourth-order valence-corrected chi connectivity index (χ4v) is 2.47. The maximum absolute atomic E-state index is 11.6. The van der Waals surface area contributed by atoms with Gasteiger partial charge in [-0.2, -0.15) is 0 Å². The number of hydrogen-bond donors (Lipinski definition) is 3. The molecule has 4 N–H and O–H groups in total. The van der Waals surface area contributed by atoms with Gasteiger partial charge in [0, 0.05) is 13.1 Å². The lowest BCUT2D eigenvalue weighted by Crippen LogP contribution is -2.45.